The normalized spacial score (nSPS) is 11.1. The van der Waals surface area contributed by atoms with E-state index in [0.717, 1.165) is 5.69 Å². The zero-order chi connectivity index (χ0) is 8.59. The lowest BCUT2D eigenvalue weighted by Crippen LogP contribution is -1.93. The molecule has 1 aromatic heterocycles. The lowest BCUT2D eigenvalue weighted by molar-refractivity contribution is 0.144. The Labute approximate surface area is 63.8 Å². The number of aryl methyl sites for hydroxylation is 1. The molecule has 4 heteroatoms. The van der Waals surface area contributed by atoms with E-state index in [2.05, 4.69) is 5.10 Å². The third-order valence-corrected chi connectivity index (χ3v) is 1.88. The number of nitrogens with zero attached hydrogens (tertiary/aromatic N) is 2. The van der Waals surface area contributed by atoms with Crippen molar-refractivity contribution in [2.75, 3.05) is 0 Å². The summed E-state index contributed by atoms with van der Waals surface area (Å²) in [5, 5.41) is 3.68. The second-order valence-electron chi connectivity index (χ2n) is 2.52. The van der Waals surface area contributed by atoms with E-state index in [-0.39, 0.29) is 5.69 Å². The summed E-state index contributed by atoms with van der Waals surface area (Å²) in [6.07, 6.45) is -2.46. The quantitative estimate of drug-likeness (QED) is 0.614. The molecule has 1 heterocycles. The Kier molecular flexibility index (Phi) is 1.93. The Morgan fingerprint density at radius 3 is 2.09 bits per heavy atom. The minimum absolute atomic E-state index is 0.106. The monoisotopic (exact) mass is 160 g/mol. The van der Waals surface area contributed by atoms with Crippen LogP contribution in [-0.4, -0.2) is 9.78 Å². The lowest BCUT2D eigenvalue weighted by atomic mass is 10.2. The highest BCUT2D eigenvalue weighted by molar-refractivity contribution is 5.23. The van der Waals surface area contributed by atoms with Gasteiger partial charge in [-0.25, -0.2) is 8.78 Å². The van der Waals surface area contributed by atoms with Gasteiger partial charge >= 0.3 is 0 Å². The Balaban J connectivity index is 3.19. The first kappa shape index (κ1) is 8.17. The standard InChI is InChI=1S/C7H10F2N2/c1-4-5(2)11(3)10-6(4)7(8)9/h7H,1-3H3. The van der Waals surface area contributed by atoms with Crippen molar-refractivity contribution in [3.8, 4) is 0 Å². The van der Waals surface area contributed by atoms with Gasteiger partial charge in [0, 0.05) is 12.7 Å². The van der Waals surface area contributed by atoms with Crippen molar-refractivity contribution in [3.63, 3.8) is 0 Å². The highest BCUT2D eigenvalue weighted by atomic mass is 19.3. The molecular weight excluding hydrogens is 150 g/mol. The van der Waals surface area contributed by atoms with Crippen LogP contribution in [0.15, 0.2) is 0 Å². The topological polar surface area (TPSA) is 17.8 Å². The molecule has 0 unspecified atom stereocenters. The molecular formula is C7H10F2N2. The highest BCUT2D eigenvalue weighted by Gasteiger charge is 2.16. The highest BCUT2D eigenvalue weighted by Crippen LogP contribution is 2.22. The van der Waals surface area contributed by atoms with Crippen LogP contribution < -0.4 is 0 Å². The molecule has 0 amide bonds. The summed E-state index contributed by atoms with van der Waals surface area (Å²) in [5.74, 6) is 0. The molecule has 0 saturated carbocycles. The van der Waals surface area contributed by atoms with E-state index in [1.165, 1.54) is 4.68 Å². The van der Waals surface area contributed by atoms with Crippen molar-refractivity contribution in [1.82, 2.24) is 9.78 Å². The fourth-order valence-corrected chi connectivity index (χ4v) is 0.947. The van der Waals surface area contributed by atoms with Crippen LogP contribution >= 0.6 is 0 Å². The summed E-state index contributed by atoms with van der Waals surface area (Å²) in [5.41, 5.74) is 1.27. The first-order valence-corrected chi connectivity index (χ1v) is 3.32. The van der Waals surface area contributed by atoms with Crippen molar-refractivity contribution in [2.24, 2.45) is 7.05 Å². The smallest absolute Gasteiger partial charge is 0.272 e. The molecule has 2 nitrogen and oxygen atoms in total. The molecule has 0 aliphatic rings. The van der Waals surface area contributed by atoms with Gasteiger partial charge in [-0.15, -0.1) is 0 Å². The van der Waals surface area contributed by atoms with Crippen molar-refractivity contribution in [2.45, 2.75) is 20.3 Å². The molecule has 0 fully saturated rings. The van der Waals surface area contributed by atoms with Gasteiger partial charge in [-0.2, -0.15) is 5.10 Å². The Morgan fingerprint density at radius 2 is 1.91 bits per heavy atom. The second kappa shape index (κ2) is 2.60. The molecule has 0 atom stereocenters. The maximum atomic E-state index is 12.1. The summed E-state index contributed by atoms with van der Waals surface area (Å²) in [7, 11) is 1.66. The molecule has 0 spiro atoms. The molecule has 0 aliphatic heterocycles. The lowest BCUT2D eigenvalue weighted by Gasteiger charge is -1.93. The summed E-state index contributed by atoms with van der Waals surface area (Å²) >= 11 is 0. The molecule has 0 N–H and O–H groups in total. The van der Waals surface area contributed by atoms with Crippen molar-refractivity contribution in [3.05, 3.63) is 17.0 Å². The third kappa shape index (κ3) is 1.25. The predicted octanol–water partition coefficient (Wildman–Crippen LogP) is 1.97. The van der Waals surface area contributed by atoms with E-state index in [0.29, 0.717) is 5.56 Å². The van der Waals surface area contributed by atoms with Crippen LogP contribution in [0.25, 0.3) is 0 Å². The van der Waals surface area contributed by atoms with Crippen LogP contribution in [0.2, 0.25) is 0 Å². The van der Waals surface area contributed by atoms with Crippen LogP contribution in [0.4, 0.5) is 8.78 Å². The summed E-state index contributed by atoms with van der Waals surface area (Å²) in [6, 6.07) is 0. The maximum absolute atomic E-state index is 12.1. The fourth-order valence-electron chi connectivity index (χ4n) is 0.947. The largest absolute Gasteiger partial charge is 0.282 e. The van der Waals surface area contributed by atoms with Gasteiger partial charge in [0.05, 0.1) is 0 Å². The van der Waals surface area contributed by atoms with E-state index in [1.54, 1.807) is 20.9 Å². The molecule has 0 bridgehead atoms. The van der Waals surface area contributed by atoms with Gasteiger partial charge in [0.2, 0.25) is 0 Å². The zero-order valence-electron chi connectivity index (χ0n) is 6.73. The number of rotatable bonds is 1. The average molecular weight is 160 g/mol. The second-order valence-corrected chi connectivity index (χ2v) is 2.52. The van der Waals surface area contributed by atoms with Crippen LogP contribution in [0.5, 0.6) is 0 Å². The molecule has 62 valence electrons. The van der Waals surface area contributed by atoms with Crippen molar-refractivity contribution >= 4 is 0 Å². The minimum Gasteiger partial charge on any atom is -0.272 e. The van der Waals surface area contributed by atoms with Crippen LogP contribution in [-0.2, 0) is 7.05 Å². The van der Waals surface area contributed by atoms with Crippen LogP contribution in [0.1, 0.15) is 23.4 Å². The Bertz CT molecular complexity index is 266. The van der Waals surface area contributed by atoms with Gasteiger partial charge in [0.15, 0.2) is 0 Å². The first-order chi connectivity index (χ1) is 5.04. The first-order valence-electron chi connectivity index (χ1n) is 3.32. The summed E-state index contributed by atoms with van der Waals surface area (Å²) in [4.78, 5) is 0. The molecule has 0 aromatic carbocycles. The molecule has 1 rings (SSSR count). The molecule has 0 aliphatic carbocycles. The third-order valence-electron chi connectivity index (χ3n) is 1.88. The predicted molar refractivity (Wildman–Crippen MR) is 37.6 cm³/mol. The van der Waals surface area contributed by atoms with Crippen molar-refractivity contribution in [1.29, 1.82) is 0 Å². The van der Waals surface area contributed by atoms with E-state index in [4.69, 9.17) is 0 Å². The molecule has 0 radical (unpaired) electrons. The van der Waals surface area contributed by atoms with E-state index in [9.17, 15) is 8.78 Å². The number of hydrogen-bond donors (Lipinski definition) is 0. The van der Waals surface area contributed by atoms with Gasteiger partial charge in [-0.05, 0) is 19.4 Å². The van der Waals surface area contributed by atoms with Gasteiger partial charge in [0.1, 0.15) is 5.69 Å². The van der Waals surface area contributed by atoms with E-state index in [1.807, 2.05) is 0 Å². The van der Waals surface area contributed by atoms with E-state index >= 15 is 0 Å². The van der Waals surface area contributed by atoms with E-state index < -0.39 is 6.43 Å². The molecule has 0 saturated heterocycles. The summed E-state index contributed by atoms with van der Waals surface area (Å²) in [6.45, 7) is 3.43. The molecule has 11 heavy (non-hydrogen) atoms. The van der Waals surface area contributed by atoms with Gasteiger partial charge < -0.3 is 0 Å². The van der Waals surface area contributed by atoms with Gasteiger partial charge in [0.25, 0.3) is 6.43 Å². The SMILES string of the molecule is Cc1c(C(F)F)nn(C)c1C. The maximum Gasteiger partial charge on any atom is 0.282 e. The van der Waals surface area contributed by atoms with Crippen LogP contribution in [0, 0.1) is 13.8 Å². The number of aromatic nitrogens is 2. The zero-order valence-corrected chi connectivity index (χ0v) is 6.73. The van der Waals surface area contributed by atoms with Gasteiger partial charge in [-0.1, -0.05) is 0 Å². The van der Waals surface area contributed by atoms with Crippen LogP contribution in [0.3, 0.4) is 0 Å². The number of hydrogen-bond acceptors (Lipinski definition) is 1. The number of halogens is 2. The Morgan fingerprint density at radius 1 is 1.36 bits per heavy atom. The average Bonchev–Trinajstić information content (AvgIpc) is 2.17. The van der Waals surface area contributed by atoms with Gasteiger partial charge in [-0.3, -0.25) is 4.68 Å². The number of alkyl halides is 2. The minimum atomic E-state index is -2.46. The summed E-state index contributed by atoms with van der Waals surface area (Å²) < 4.78 is 25.8. The van der Waals surface area contributed by atoms with Crippen molar-refractivity contribution < 1.29 is 8.78 Å². The Hall–Kier alpha value is -0.930. The fraction of sp³-hybridized carbons (Fsp3) is 0.571. The molecule has 1 aromatic rings.